The molecular formula is C15H26N2O. The zero-order valence-electron chi connectivity index (χ0n) is 11.9. The Morgan fingerprint density at radius 3 is 2.44 bits per heavy atom. The van der Waals surface area contributed by atoms with Gasteiger partial charge in [-0.2, -0.15) is 0 Å². The van der Waals surface area contributed by atoms with E-state index in [-0.39, 0.29) is 0 Å². The first-order chi connectivity index (χ1) is 8.61. The van der Waals surface area contributed by atoms with E-state index in [1.54, 1.807) is 7.11 Å². The third-order valence-corrected chi connectivity index (χ3v) is 3.14. The number of benzene rings is 1. The van der Waals surface area contributed by atoms with Crippen molar-refractivity contribution in [2.75, 3.05) is 27.2 Å². The van der Waals surface area contributed by atoms with Crippen LogP contribution in [0.25, 0.3) is 0 Å². The molecule has 0 bridgehead atoms. The molecule has 1 unspecified atom stereocenters. The Bertz CT molecular complexity index is 322. The summed E-state index contributed by atoms with van der Waals surface area (Å²) in [6.45, 7) is 4.28. The zero-order chi connectivity index (χ0) is 13.4. The summed E-state index contributed by atoms with van der Waals surface area (Å²) in [5, 5.41) is 0. The van der Waals surface area contributed by atoms with E-state index in [0.717, 1.165) is 31.7 Å². The fraction of sp³-hybridized carbons (Fsp3) is 0.600. The summed E-state index contributed by atoms with van der Waals surface area (Å²) in [6.07, 6.45) is 3.36. The van der Waals surface area contributed by atoms with Crippen LogP contribution in [0.15, 0.2) is 24.3 Å². The van der Waals surface area contributed by atoms with Crippen LogP contribution in [-0.2, 0) is 6.42 Å². The normalized spacial score (nSPS) is 12.7. The highest BCUT2D eigenvalue weighted by molar-refractivity contribution is 5.27. The summed E-state index contributed by atoms with van der Waals surface area (Å²) in [5.74, 6) is 0.920. The molecule has 0 fully saturated rings. The zero-order valence-corrected chi connectivity index (χ0v) is 11.9. The molecule has 1 aromatic carbocycles. The Labute approximate surface area is 111 Å². The second-order valence-electron chi connectivity index (χ2n) is 5.02. The second-order valence-corrected chi connectivity index (χ2v) is 5.02. The Kier molecular flexibility index (Phi) is 6.76. The molecule has 0 radical (unpaired) electrons. The van der Waals surface area contributed by atoms with E-state index >= 15 is 0 Å². The van der Waals surface area contributed by atoms with Crippen molar-refractivity contribution in [2.24, 2.45) is 5.73 Å². The molecule has 0 aliphatic heterocycles. The van der Waals surface area contributed by atoms with E-state index < -0.39 is 0 Å². The summed E-state index contributed by atoms with van der Waals surface area (Å²) in [6, 6.07) is 8.63. The molecule has 0 saturated carbocycles. The van der Waals surface area contributed by atoms with Crippen molar-refractivity contribution in [3.8, 4) is 5.75 Å². The largest absolute Gasteiger partial charge is 0.497 e. The Morgan fingerprint density at radius 1 is 1.22 bits per heavy atom. The van der Waals surface area contributed by atoms with Crippen molar-refractivity contribution in [1.82, 2.24) is 4.90 Å². The van der Waals surface area contributed by atoms with Crippen molar-refractivity contribution >= 4 is 0 Å². The van der Waals surface area contributed by atoms with Crippen LogP contribution in [0.1, 0.15) is 25.3 Å². The van der Waals surface area contributed by atoms with Gasteiger partial charge in [-0.1, -0.05) is 12.1 Å². The lowest BCUT2D eigenvalue weighted by Gasteiger charge is -2.17. The average Bonchev–Trinajstić information content (AvgIpc) is 2.36. The molecule has 0 aliphatic carbocycles. The maximum absolute atomic E-state index is 5.74. The third-order valence-electron chi connectivity index (χ3n) is 3.14. The minimum Gasteiger partial charge on any atom is -0.497 e. The van der Waals surface area contributed by atoms with Gasteiger partial charge in [-0.3, -0.25) is 0 Å². The van der Waals surface area contributed by atoms with Gasteiger partial charge in [0.2, 0.25) is 0 Å². The van der Waals surface area contributed by atoms with Gasteiger partial charge in [0, 0.05) is 12.6 Å². The summed E-state index contributed by atoms with van der Waals surface area (Å²) in [7, 11) is 3.87. The molecule has 0 saturated heterocycles. The third kappa shape index (κ3) is 6.03. The van der Waals surface area contributed by atoms with Gasteiger partial charge in [0.1, 0.15) is 5.75 Å². The van der Waals surface area contributed by atoms with Crippen molar-refractivity contribution in [2.45, 2.75) is 32.2 Å². The molecule has 3 nitrogen and oxygen atoms in total. The maximum atomic E-state index is 5.74. The van der Waals surface area contributed by atoms with Crippen LogP contribution in [0, 0.1) is 0 Å². The van der Waals surface area contributed by atoms with Gasteiger partial charge in [-0.05, 0) is 57.5 Å². The minimum absolute atomic E-state index is 0.319. The van der Waals surface area contributed by atoms with Crippen molar-refractivity contribution in [3.63, 3.8) is 0 Å². The van der Waals surface area contributed by atoms with Crippen molar-refractivity contribution < 1.29 is 4.74 Å². The lowest BCUT2D eigenvalue weighted by Crippen LogP contribution is -2.24. The molecule has 1 rings (SSSR count). The highest BCUT2D eigenvalue weighted by Gasteiger charge is 2.01. The number of rotatable bonds is 8. The highest BCUT2D eigenvalue weighted by Crippen LogP contribution is 2.11. The number of likely N-dealkylation sites (N-methyl/N-ethyl adjacent to an activating group) is 1. The monoisotopic (exact) mass is 250 g/mol. The quantitative estimate of drug-likeness (QED) is 0.769. The lowest BCUT2D eigenvalue weighted by molar-refractivity contribution is 0.326. The number of methoxy groups -OCH3 is 1. The number of nitrogens with zero attached hydrogens (tertiary/aromatic N) is 1. The second kappa shape index (κ2) is 8.11. The van der Waals surface area contributed by atoms with E-state index in [1.165, 1.54) is 12.0 Å². The first kappa shape index (κ1) is 15.0. The number of hydrogen-bond donors (Lipinski definition) is 1. The topological polar surface area (TPSA) is 38.5 Å². The predicted molar refractivity (Wildman–Crippen MR) is 77.1 cm³/mol. The summed E-state index contributed by atoms with van der Waals surface area (Å²) in [5.41, 5.74) is 7.10. The SMILES string of the molecule is COc1ccc(CCN(C)CCCC(C)N)cc1. The summed E-state index contributed by atoms with van der Waals surface area (Å²) >= 11 is 0. The molecule has 102 valence electrons. The molecule has 2 N–H and O–H groups in total. The number of ether oxygens (including phenoxy) is 1. The van der Waals surface area contributed by atoms with Crippen LogP contribution in [0.4, 0.5) is 0 Å². The van der Waals surface area contributed by atoms with Gasteiger partial charge in [-0.15, -0.1) is 0 Å². The van der Waals surface area contributed by atoms with Gasteiger partial charge < -0.3 is 15.4 Å². The van der Waals surface area contributed by atoms with Crippen LogP contribution in [-0.4, -0.2) is 38.2 Å². The Morgan fingerprint density at radius 2 is 1.89 bits per heavy atom. The van der Waals surface area contributed by atoms with Gasteiger partial charge >= 0.3 is 0 Å². The Balaban J connectivity index is 2.22. The van der Waals surface area contributed by atoms with Crippen molar-refractivity contribution in [3.05, 3.63) is 29.8 Å². The van der Waals surface area contributed by atoms with E-state index in [1.807, 2.05) is 12.1 Å². The summed E-state index contributed by atoms with van der Waals surface area (Å²) < 4.78 is 5.15. The number of nitrogens with two attached hydrogens (primary N) is 1. The van der Waals surface area contributed by atoms with E-state index in [2.05, 4.69) is 31.0 Å². The molecule has 18 heavy (non-hydrogen) atoms. The lowest BCUT2D eigenvalue weighted by atomic mass is 10.1. The molecular weight excluding hydrogens is 224 g/mol. The molecule has 0 spiro atoms. The fourth-order valence-corrected chi connectivity index (χ4v) is 1.91. The molecule has 1 atom stereocenters. The van der Waals surface area contributed by atoms with E-state index in [4.69, 9.17) is 10.5 Å². The van der Waals surface area contributed by atoms with E-state index in [9.17, 15) is 0 Å². The molecule has 3 heteroatoms. The smallest absolute Gasteiger partial charge is 0.118 e. The fourth-order valence-electron chi connectivity index (χ4n) is 1.91. The first-order valence-corrected chi connectivity index (χ1v) is 6.69. The van der Waals surface area contributed by atoms with Crippen LogP contribution in [0.2, 0.25) is 0 Å². The highest BCUT2D eigenvalue weighted by atomic mass is 16.5. The molecule has 0 aliphatic rings. The van der Waals surface area contributed by atoms with Crippen molar-refractivity contribution in [1.29, 1.82) is 0 Å². The van der Waals surface area contributed by atoms with Crippen LogP contribution >= 0.6 is 0 Å². The van der Waals surface area contributed by atoms with E-state index in [0.29, 0.717) is 6.04 Å². The van der Waals surface area contributed by atoms with Gasteiger partial charge in [0.15, 0.2) is 0 Å². The molecule has 1 aromatic rings. The maximum Gasteiger partial charge on any atom is 0.118 e. The van der Waals surface area contributed by atoms with Gasteiger partial charge in [-0.25, -0.2) is 0 Å². The minimum atomic E-state index is 0.319. The first-order valence-electron chi connectivity index (χ1n) is 6.69. The molecule has 0 amide bonds. The Hall–Kier alpha value is -1.06. The van der Waals surface area contributed by atoms with Crippen LogP contribution in [0.3, 0.4) is 0 Å². The van der Waals surface area contributed by atoms with Gasteiger partial charge in [0.25, 0.3) is 0 Å². The molecule has 0 heterocycles. The summed E-state index contributed by atoms with van der Waals surface area (Å²) in [4.78, 5) is 2.37. The average molecular weight is 250 g/mol. The van der Waals surface area contributed by atoms with Gasteiger partial charge in [0.05, 0.1) is 7.11 Å². The number of hydrogen-bond acceptors (Lipinski definition) is 3. The van der Waals surface area contributed by atoms with Crippen LogP contribution < -0.4 is 10.5 Å². The predicted octanol–water partition coefficient (Wildman–Crippen LogP) is 2.30. The van der Waals surface area contributed by atoms with Crippen LogP contribution in [0.5, 0.6) is 5.75 Å². The molecule has 0 aromatic heterocycles. The standard InChI is InChI=1S/C15H26N2O/c1-13(16)5-4-11-17(2)12-10-14-6-8-15(18-3)9-7-14/h6-9,13H,4-5,10-12,16H2,1-3H3.